The first kappa shape index (κ1) is 9.84. The Kier molecular flexibility index (Phi) is 2.21. The predicted octanol–water partition coefficient (Wildman–Crippen LogP) is 1.84. The van der Waals surface area contributed by atoms with Gasteiger partial charge >= 0.3 is 0 Å². The first-order chi connectivity index (χ1) is 7.75. The molecular formula is C11H13N3OS. The Morgan fingerprint density at radius 3 is 2.94 bits per heavy atom. The number of nitrogen functional groups attached to an aromatic ring is 1. The molecule has 2 aromatic rings. The third-order valence-electron chi connectivity index (χ3n) is 3.09. The number of anilines is 1. The molecule has 0 aromatic carbocycles. The fraction of sp³-hybridized carbons (Fsp3) is 0.455. The van der Waals surface area contributed by atoms with Gasteiger partial charge in [-0.3, -0.25) is 9.78 Å². The summed E-state index contributed by atoms with van der Waals surface area (Å²) in [5.74, 6) is 0.217. The van der Waals surface area contributed by atoms with Gasteiger partial charge in [-0.2, -0.15) is 0 Å². The zero-order valence-corrected chi connectivity index (χ0v) is 9.69. The Hall–Kier alpha value is -1.36. The lowest BCUT2D eigenvalue weighted by atomic mass is 10.1. The maximum Gasteiger partial charge on any atom is 0.261 e. The van der Waals surface area contributed by atoms with Crippen LogP contribution >= 0.6 is 11.3 Å². The molecule has 0 atom stereocenters. The predicted molar refractivity (Wildman–Crippen MR) is 65.9 cm³/mol. The molecule has 0 unspecified atom stereocenters. The topological polar surface area (TPSA) is 71.8 Å². The summed E-state index contributed by atoms with van der Waals surface area (Å²) >= 11 is 1.63. The molecule has 5 heteroatoms. The Balaban J connectivity index is 2.34. The van der Waals surface area contributed by atoms with Crippen LogP contribution < -0.4 is 11.3 Å². The van der Waals surface area contributed by atoms with E-state index in [1.54, 1.807) is 11.3 Å². The number of nitrogens with two attached hydrogens (primary N) is 1. The number of aromatic nitrogens is 2. The molecular weight excluding hydrogens is 222 g/mol. The van der Waals surface area contributed by atoms with E-state index in [0.717, 1.165) is 23.1 Å². The van der Waals surface area contributed by atoms with Crippen LogP contribution in [0.1, 0.15) is 29.7 Å². The van der Waals surface area contributed by atoms with Crippen molar-refractivity contribution in [1.29, 1.82) is 0 Å². The second-order valence-electron chi connectivity index (χ2n) is 4.20. The lowest BCUT2D eigenvalue weighted by Crippen LogP contribution is -2.11. The van der Waals surface area contributed by atoms with Crippen LogP contribution in [0.15, 0.2) is 4.79 Å². The highest BCUT2D eigenvalue weighted by atomic mass is 32.1. The minimum Gasteiger partial charge on any atom is -0.369 e. The lowest BCUT2D eigenvalue weighted by Gasteiger charge is -1.97. The lowest BCUT2D eigenvalue weighted by molar-refractivity contribution is 0.713. The number of nitrogens with one attached hydrogen (secondary N) is 1. The van der Waals surface area contributed by atoms with Gasteiger partial charge < -0.3 is 5.73 Å². The summed E-state index contributed by atoms with van der Waals surface area (Å²) in [5.41, 5.74) is 6.69. The van der Waals surface area contributed by atoms with E-state index in [1.807, 2.05) is 0 Å². The highest BCUT2D eigenvalue weighted by Gasteiger charge is 2.18. The average molecular weight is 235 g/mol. The molecule has 0 radical (unpaired) electrons. The SMILES string of the molecule is Nc1nc2sc3c(c2c(=O)[nH]1)CCCCC3. The van der Waals surface area contributed by atoms with Crippen molar-refractivity contribution in [3.63, 3.8) is 0 Å². The molecule has 84 valence electrons. The number of fused-ring (bicyclic) bond motifs is 3. The zero-order chi connectivity index (χ0) is 11.1. The van der Waals surface area contributed by atoms with Crippen LogP contribution in [0.2, 0.25) is 0 Å². The molecule has 4 nitrogen and oxygen atoms in total. The van der Waals surface area contributed by atoms with Crippen LogP contribution in [0.3, 0.4) is 0 Å². The van der Waals surface area contributed by atoms with Gasteiger partial charge in [-0.25, -0.2) is 4.98 Å². The average Bonchev–Trinajstić information content (AvgIpc) is 2.42. The number of nitrogens with zero attached hydrogens (tertiary/aromatic N) is 1. The minimum atomic E-state index is -0.0816. The highest BCUT2D eigenvalue weighted by molar-refractivity contribution is 7.18. The third-order valence-corrected chi connectivity index (χ3v) is 4.28. The molecule has 0 aliphatic heterocycles. The minimum absolute atomic E-state index is 0.0816. The Bertz CT molecular complexity index is 599. The number of hydrogen-bond acceptors (Lipinski definition) is 4. The second-order valence-corrected chi connectivity index (χ2v) is 5.28. The number of hydrogen-bond donors (Lipinski definition) is 2. The first-order valence-electron chi connectivity index (χ1n) is 5.56. The number of H-pyrrole nitrogens is 1. The fourth-order valence-electron chi connectivity index (χ4n) is 2.36. The summed E-state index contributed by atoms with van der Waals surface area (Å²) in [7, 11) is 0. The van der Waals surface area contributed by atoms with E-state index in [0.29, 0.717) is 0 Å². The van der Waals surface area contributed by atoms with E-state index in [1.165, 1.54) is 29.7 Å². The molecule has 0 fully saturated rings. The van der Waals surface area contributed by atoms with Gasteiger partial charge in [0.05, 0.1) is 5.39 Å². The van der Waals surface area contributed by atoms with E-state index < -0.39 is 0 Å². The van der Waals surface area contributed by atoms with Gasteiger partial charge in [-0.15, -0.1) is 11.3 Å². The van der Waals surface area contributed by atoms with Crippen molar-refractivity contribution < 1.29 is 0 Å². The Morgan fingerprint density at radius 1 is 1.25 bits per heavy atom. The van der Waals surface area contributed by atoms with Crippen LogP contribution in [0.25, 0.3) is 10.2 Å². The molecule has 3 N–H and O–H groups in total. The van der Waals surface area contributed by atoms with Crippen molar-refractivity contribution in [3.05, 3.63) is 20.8 Å². The second kappa shape index (κ2) is 3.59. The number of aromatic amines is 1. The van der Waals surface area contributed by atoms with E-state index >= 15 is 0 Å². The molecule has 16 heavy (non-hydrogen) atoms. The van der Waals surface area contributed by atoms with Crippen molar-refractivity contribution in [2.75, 3.05) is 5.73 Å². The van der Waals surface area contributed by atoms with Gasteiger partial charge in [0.2, 0.25) is 5.95 Å². The molecule has 2 heterocycles. The molecule has 1 aliphatic carbocycles. The maximum absolute atomic E-state index is 11.9. The van der Waals surface area contributed by atoms with Crippen LogP contribution in [-0.4, -0.2) is 9.97 Å². The summed E-state index contributed by atoms with van der Waals surface area (Å²) in [6.07, 6.45) is 5.72. The monoisotopic (exact) mass is 235 g/mol. The molecule has 0 saturated carbocycles. The van der Waals surface area contributed by atoms with Crippen molar-refractivity contribution in [3.8, 4) is 0 Å². The summed E-state index contributed by atoms with van der Waals surface area (Å²) in [5, 5.41) is 0.774. The highest BCUT2D eigenvalue weighted by Crippen LogP contribution is 2.32. The van der Waals surface area contributed by atoms with Gasteiger partial charge in [0.1, 0.15) is 4.83 Å². The quantitative estimate of drug-likeness (QED) is 0.684. The first-order valence-corrected chi connectivity index (χ1v) is 6.37. The standard InChI is InChI=1S/C11H13N3OS/c12-11-13-9(15)8-6-4-2-1-3-5-7(6)16-10(8)14-11/h1-5H2,(H3,12,13,14,15). The van der Waals surface area contributed by atoms with E-state index in [-0.39, 0.29) is 11.5 Å². The van der Waals surface area contributed by atoms with Crippen LogP contribution in [0, 0.1) is 0 Å². The van der Waals surface area contributed by atoms with E-state index in [4.69, 9.17) is 5.73 Å². The normalized spacial score (nSPS) is 16.0. The number of rotatable bonds is 0. The third kappa shape index (κ3) is 1.43. The molecule has 0 amide bonds. The fourth-order valence-corrected chi connectivity index (χ4v) is 3.63. The summed E-state index contributed by atoms with van der Waals surface area (Å²) in [6, 6.07) is 0. The molecule has 2 aromatic heterocycles. The van der Waals surface area contributed by atoms with Gasteiger partial charge in [0.25, 0.3) is 5.56 Å². The Labute approximate surface area is 96.5 Å². The summed E-state index contributed by atoms with van der Waals surface area (Å²) in [6.45, 7) is 0. The largest absolute Gasteiger partial charge is 0.369 e. The van der Waals surface area contributed by atoms with Crippen molar-refractivity contribution in [2.45, 2.75) is 32.1 Å². The molecule has 3 rings (SSSR count). The molecule has 0 bridgehead atoms. The maximum atomic E-state index is 11.9. The van der Waals surface area contributed by atoms with Crippen LogP contribution in [0.4, 0.5) is 5.95 Å². The summed E-state index contributed by atoms with van der Waals surface area (Å²) < 4.78 is 0. The molecule has 0 spiro atoms. The number of thiophene rings is 1. The van der Waals surface area contributed by atoms with Crippen LogP contribution in [-0.2, 0) is 12.8 Å². The van der Waals surface area contributed by atoms with Crippen molar-refractivity contribution >= 4 is 27.5 Å². The smallest absolute Gasteiger partial charge is 0.261 e. The van der Waals surface area contributed by atoms with Crippen molar-refractivity contribution in [1.82, 2.24) is 9.97 Å². The van der Waals surface area contributed by atoms with Gasteiger partial charge in [-0.1, -0.05) is 6.42 Å². The molecule has 1 aliphatic rings. The van der Waals surface area contributed by atoms with E-state index in [9.17, 15) is 4.79 Å². The van der Waals surface area contributed by atoms with Gasteiger partial charge in [0.15, 0.2) is 0 Å². The van der Waals surface area contributed by atoms with Crippen molar-refractivity contribution in [2.24, 2.45) is 0 Å². The van der Waals surface area contributed by atoms with Gasteiger partial charge in [-0.05, 0) is 31.2 Å². The van der Waals surface area contributed by atoms with Gasteiger partial charge in [0, 0.05) is 4.88 Å². The molecule has 0 saturated heterocycles. The zero-order valence-electron chi connectivity index (χ0n) is 8.88. The number of aryl methyl sites for hydroxylation is 2. The van der Waals surface area contributed by atoms with Crippen LogP contribution in [0.5, 0.6) is 0 Å². The Morgan fingerprint density at radius 2 is 2.06 bits per heavy atom. The summed E-state index contributed by atoms with van der Waals surface area (Å²) in [4.78, 5) is 20.8. The van der Waals surface area contributed by atoms with E-state index in [2.05, 4.69) is 9.97 Å².